The number of carbonyl (C=O) groups excluding carboxylic acids is 1. The highest BCUT2D eigenvalue weighted by atomic mass is 16.3. The van der Waals surface area contributed by atoms with E-state index in [9.17, 15) is 4.79 Å². The van der Waals surface area contributed by atoms with Gasteiger partial charge >= 0.3 is 0 Å². The van der Waals surface area contributed by atoms with Gasteiger partial charge in [-0.3, -0.25) is 4.79 Å². The first-order chi connectivity index (χ1) is 5.61. The third-order valence-corrected chi connectivity index (χ3v) is 1.31. The van der Waals surface area contributed by atoms with E-state index in [1.54, 1.807) is 6.07 Å². The second kappa shape index (κ2) is 5.52. The number of nitrogens with one attached hydrogen (secondary N) is 1. The zero-order chi connectivity index (χ0) is 9.56. The van der Waals surface area contributed by atoms with Gasteiger partial charge in [0.15, 0.2) is 0 Å². The minimum absolute atomic E-state index is 0.0264. The fourth-order valence-corrected chi connectivity index (χ4v) is 0.495. The maximum atomic E-state index is 10.9. The molecule has 0 saturated carbocycles. The summed E-state index contributed by atoms with van der Waals surface area (Å²) in [4.78, 5) is 10.9. The lowest BCUT2D eigenvalue weighted by atomic mass is 10.2. The van der Waals surface area contributed by atoms with Crippen molar-refractivity contribution >= 4 is 5.91 Å². The lowest BCUT2D eigenvalue weighted by Gasteiger charge is -2.09. The minimum Gasteiger partial charge on any atom is -0.394 e. The summed E-state index contributed by atoms with van der Waals surface area (Å²) in [5, 5.41) is 27.8. The van der Waals surface area contributed by atoms with Crippen molar-refractivity contribution < 1.29 is 15.0 Å². The zero-order valence-electron chi connectivity index (χ0n) is 6.82. The quantitative estimate of drug-likeness (QED) is 0.487. The number of nitrogens with zero attached hydrogens (tertiary/aromatic N) is 1. The number of rotatable bonds is 4. The van der Waals surface area contributed by atoms with Crippen molar-refractivity contribution in [3.05, 3.63) is 0 Å². The van der Waals surface area contributed by atoms with Crippen LogP contribution in [-0.4, -0.2) is 35.4 Å². The van der Waals surface area contributed by atoms with Gasteiger partial charge in [-0.15, -0.1) is 0 Å². The molecule has 0 aromatic heterocycles. The van der Waals surface area contributed by atoms with E-state index in [2.05, 4.69) is 5.32 Å². The van der Waals surface area contributed by atoms with Gasteiger partial charge in [-0.05, 0) is 6.92 Å². The van der Waals surface area contributed by atoms with Crippen LogP contribution < -0.4 is 5.32 Å². The molecule has 0 bridgehead atoms. The third kappa shape index (κ3) is 3.91. The second-order valence-corrected chi connectivity index (χ2v) is 2.43. The summed E-state index contributed by atoms with van der Waals surface area (Å²) in [6.45, 7) is 1.03. The van der Waals surface area contributed by atoms with Crippen LogP contribution in [0.15, 0.2) is 0 Å². The molecule has 0 heterocycles. The fraction of sp³-hybridized carbons (Fsp3) is 0.714. The molecule has 0 aliphatic rings. The largest absolute Gasteiger partial charge is 0.394 e. The summed E-state index contributed by atoms with van der Waals surface area (Å²) < 4.78 is 0. The third-order valence-electron chi connectivity index (χ3n) is 1.31. The first-order valence-electron chi connectivity index (χ1n) is 3.58. The summed E-state index contributed by atoms with van der Waals surface area (Å²) >= 11 is 0. The van der Waals surface area contributed by atoms with Crippen molar-refractivity contribution in [2.24, 2.45) is 5.92 Å². The van der Waals surface area contributed by atoms with Gasteiger partial charge < -0.3 is 15.5 Å². The van der Waals surface area contributed by atoms with Gasteiger partial charge in [-0.25, -0.2) is 0 Å². The highest BCUT2D eigenvalue weighted by molar-refractivity contribution is 5.80. The lowest BCUT2D eigenvalue weighted by molar-refractivity contribution is -0.123. The molecular weight excluding hydrogens is 160 g/mol. The normalized spacial score (nSPS) is 14.5. The van der Waals surface area contributed by atoms with Crippen molar-refractivity contribution in [3.63, 3.8) is 0 Å². The van der Waals surface area contributed by atoms with Crippen molar-refractivity contribution in [1.82, 2.24) is 5.32 Å². The van der Waals surface area contributed by atoms with Crippen molar-refractivity contribution in [3.8, 4) is 6.07 Å². The first-order valence-corrected chi connectivity index (χ1v) is 3.58. The van der Waals surface area contributed by atoms with E-state index >= 15 is 0 Å². The van der Waals surface area contributed by atoms with Crippen LogP contribution in [0.2, 0.25) is 0 Å². The smallest absolute Gasteiger partial charge is 0.237 e. The molecule has 0 rings (SSSR count). The highest BCUT2D eigenvalue weighted by Gasteiger charge is 2.12. The van der Waals surface area contributed by atoms with Crippen LogP contribution in [0, 0.1) is 17.2 Å². The fourth-order valence-electron chi connectivity index (χ4n) is 0.495. The zero-order valence-corrected chi connectivity index (χ0v) is 6.82. The van der Waals surface area contributed by atoms with Gasteiger partial charge in [0.05, 0.1) is 18.8 Å². The number of carbonyl (C=O) groups is 1. The van der Waals surface area contributed by atoms with Crippen LogP contribution in [-0.2, 0) is 4.79 Å². The molecule has 68 valence electrons. The molecule has 0 spiro atoms. The van der Waals surface area contributed by atoms with Crippen LogP contribution in [0.5, 0.6) is 0 Å². The summed E-state index contributed by atoms with van der Waals surface area (Å²) in [6, 6.07) is 1.75. The van der Waals surface area contributed by atoms with Crippen molar-refractivity contribution in [2.45, 2.75) is 13.0 Å². The predicted octanol–water partition coefficient (Wildman–Crippen LogP) is -1.38. The SMILES string of the molecule is CC(C#N)C(=O)NCC(O)CO. The Bertz CT molecular complexity index is 188. The Morgan fingerprint density at radius 1 is 1.75 bits per heavy atom. The van der Waals surface area contributed by atoms with Gasteiger partial charge in [0.1, 0.15) is 5.92 Å². The standard InChI is InChI=1S/C7H12N2O3/c1-5(2-8)7(12)9-3-6(11)4-10/h5-6,10-11H,3-4H2,1H3,(H,9,12). The molecule has 2 atom stereocenters. The molecular formula is C7H12N2O3. The van der Waals surface area contributed by atoms with Crippen LogP contribution in [0.4, 0.5) is 0 Å². The lowest BCUT2D eigenvalue weighted by Crippen LogP contribution is -2.36. The summed E-state index contributed by atoms with van der Waals surface area (Å²) in [5.74, 6) is -1.17. The predicted molar refractivity (Wildman–Crippen MR) is 40.9 cm³/mol. The Morgan fingerprint density at radius 3 is 2.75 bits per heavy atom. The molecule has 1 amide bonds. The Balaban J connectivity index is 3.66. The van der Waals surface area contributed by atoms with Crippen LogP contribution in [0.1, 0.15) is 6.92 Å². The molecule has 12 heavy (non-hydrogen) atoms. The molecule has 5 heteroatoms. The van der Waals surface area contributed by atoms with Gasteiger partial charge in [0.25, 0.3) is 0 Å². The molecule has 0 aromatic rings. The maximum absolute atomic E-state index is 10.9. The van der Waals surface area contributed by atoms with Gasteiger partial charge in [-0.2, -0.15) is 5.26 Å². The highest BCUT2D eigenvalue weighted by Crippen LogP contribution is 1.90. The molecule has 0 aromatic carbocycles. The monoisotopic (exact) mass is 172 g/mol. The average molecular weight is 172 g/mol. The molecule has 0 saturated heterocycles. The Labute approximate surface area is 70.6 Å². The number of aliphatic hydroxyl groups excluding tert-OH is 2. The number of nitriles is 1. The number of amides is 1. The summed E-state index contributed by atoms with van der Waals surface area (Å²) in [7, 11) is 0. The molecule has 0 aliphatic heterocycles. The molecule has 5 nitrogen and oxygen atoms in total. The van der Waals surface area contributed by atoms with E-state index in [0.29, 0.717) is 0 Å². The van der Waals surface area contributed by atoms with Gasteiger partial charge in [-0.1, -0.05) is 0 Å². The molecule has 0 radical (unpaired) electrons. The maximum Gasteiger partial charge on any atom is 0.237 e. The Kier molecular flexibility index (Phi) is 5.00. The first kappa shape index (κ1) is 10.9. The summed E-state index contributed by atoms with van der Waals surface area (Å²) in [5.41, 5.74) is 0. The van der Waals surface area contributed by atoms with E-state index in [1.165, 1.54) is 6.92 Å². The van der Waals surface area contributed by atoms with E-state index in [0.717, 1.165) is 0 Å². The van der Waals surface area contributed by atoms with Crippen molar-refractivity contribution in [1.29, 1.82) is 5.26 Å². The average Bonchev–Trinajstić information content (AvgIpc) is 2.11. The number of hydrogen-bond acceptors (Lipinski definition) is 4. The van der Waals surface area contributed by atoms with Crippen LogP contribution >= 0.6 is 0 Å². The number of aliphatic hydroxyl groups is 2. The van der Waals surface area contributed by atoms with Gasteiger partial charge in [0, 0.05) is 6.54 Å². The van der Waals surface area contributed by atoms with E-state index in [-0.39, 0.29) is 6.54 Å². The topological polar surface area (TPSA) is 93.4 Å². The van der Waals surface area contributed by atoms with E-state index in [1.807, 2.05) is 0 Å². The van der Waals surface area contributed by atoms with Gasteiger partial charge in [0.2, 0.25) is 5.91 Å². The molecule has 3 N–H and O–H groups in total. The summed E-state index contributed by atoms with van der Waals surface area (Å²) in [6.07, 6.45) is -0.958. The van der Waals surface area contributed by atoms with Crippen LogP contribution in [0.25, 0.3) is 0 Å². The number of hydrogen-bond donors (Lipinski definition) is 3. The Hall–Kier alpha value is -1.12. The molecule has 0 fully saturated rings. The molecule has 2 unspecified atom stereocenters. The van der Waals surface area contributed by atoms with Crippen molar-refractivity contribution in [2.75, 3.05) is 13.2 Å². The molecule has 0 aliphatic carbocycles. The van der Waals surface area contributed by atoms with Crippen LogP contribution in [0.3, 0.4) is 0 Å². The van der Waals surface area contributed by atoms with E-state index < -0.39 is 24.5 Å². The van der Waals surface area contributed by atoms with E-state index in [4.69, 9.17) is 15.5 Å². The second-order valence-electron chi connectivity index (χ2n) is 2.43. The minimum atomic E-state index is -0.958. The Morgan fingerprint density at radius 2 is 2.33 bits per heavy atom.